The summed E-state index contributed by atoms with van der Waals surface area (Å²) in [5, 5.41) is 1.91. The molecule has 0 spiro atoms. The minimum absolute atomic E-state index is 0.0779. The van der Waals surface area contributed by atoms with Gasteiger partial charge in [0.2, 0.25) is 10.0 Å². The maximum atomic E-state index is 13.2. The Morgan fingerprint density at radius 2 is 2.05 bits per heavy atom. The summed E-state index contributed by atoms with van der Waals surface area (Å²) in [4.78, 5) is 1.04. The van der Waals surface area contributed by atoms with Gasteiger partial charge >= 0.3 is 0 Å². The molecule has 0 radical (unpaired) electrons. The quantitative estimate of drug-likeness (QED) is 0.763. The summed E-state index contributed by atoms with van der Waals surface area (Å²) in [6, 6.07) is 7.19. The summed E-state index contributed by atoms with van der Waals surface area (Å²) in [5.74, 6) is -0.477. The molecule has 0 aliphatic heterocycles. The summed E-state index contributed by atoms with van der Waals surface area (Å²) in [5.41, 5.74) is 0. The number of hydrogen-bond donors (Lipinski definition) is 0. The van der Waals surface area contributed by atoms with E-state index < -0.39 is 15.8 Å². The molecule has 1 aromatic carbocycles. The second-order valence-corrected chi connectivity index (χ2v) is 8.54. The Kier molecular flexibility index (Phi) is 5.19. The van der Waals surface area contributed by atoms with Crippen LogP contribution < -0.4 is 0 Å². The Hall–Kier alpha value is -0.760. The largest absolute Gasteiger partial charge is 0.244 e. The lowest BCUT2D eigenvalue weighted by atomic mass is 10.3. The van der Waals surface area contributed by atoms with E-state index in [4.69, 9.17) is 0 Å². The van der Waals surface area contributed by atoms with Crippen molar-refractivity contribution >= 4 is 37.3 Å². The molecular formula is C14H15BrFNO2S2. The molecule has 0 fully saturated rings. The van der Waals surface area contributed by atoms with Crippen LogP contribution in [0.4, 0.5) is 4.39 Å². The van der Waals surface area contributed by atoms with E-state index in [1.807, 2.05) is 31.4 Å². The van der Waals surface area contributed by atoms with Gasteiger partial charge in [-0.15, -0.1) is 11.3 Å². The molecule has 0 saturated heterocycles. The highest BCUT2D eigenvalue weighted by molar-refractivity contribution is 9.10. The number of benzene rings is 1. The van der Waals surface area contributed by atoms with Gasteiger partial charge in [-0.05, 0) is 59.4 Å². The molecule has 0 saturated carbocycles. The van der Waals surface area contributed by atoms with Crippen LogP contribution in [0.5, 0.6) is 0 Å². The summed E-state index contributed by atoms with van der Waals surface area (Å²) in [6.45, 7) is 3.95. The molecule has 1 aromatic heterocycles. The number of halogens is 2. The molecule has 2 rings (SSSR count). The molecule has 2 aromatic rings. The van der Waals surface area contributed by atoms with Gasteiger partial charge in [0.25, 0.3) is 0 Å². The van der Waals surface area contributed by atoms with Gasteiger partial charge in [-0.3, -0.25) is 0 Å². The predicted octanol–water partition coefficient (Wildman–Crippen LogP) is 4.25. The molecule has 0 aliphatic carbocycles. The van der Waals surface area contributed by atoms with Crippen LogP contribution in [0.1, 0.15) is 18.7 Å². The van der Waals surface area contributed by atoms with Crippen LogP contribution in [0.25, 0.3) is 0 Å². The topological polar surface area (TPSA) is 37.4 Å². The second-order valence-electron chi connectivity index (χ2n) is 4.80. The Bertz CT molecular complexity index is 715. The number of sulfonamides is 1. The molecule has 3 nitrogen and oxygen atoms in total. The van der Waals surface area contributed by atoms with Crippen LogP contribution in [0.3, 0.4) is 0 Å². The first-order chi connectivity index (χ1) is 9.82. The molecule has 0 aliphatic rings. The Labute approximate surface area is 136 Å². The first kappa shape index (κ1) is 16.6. The van der Waals surface area contributed by atoms with Crippen LogP contribution in [-0.4, -0.2) is 18.8 Å². The Morgan fingerprint density at radius 3 is 2.57 bits per heavy atom. The Morgan fingerprint density at radius 1 is 1.33 bits per heavy atom. The molecule has 0 amide bonds. The van der Waals surface area contributed by atoms with Gasteiger partial charge in [0.15, 0.2) is 0 Å². The molecular weight excluding hydrogens is 377 g/mol. The van der Waals surface area contributed by atoms with Crippen molar-refractivity contribution in [3.05, 3.63) is 50.9 Å². The zero-order chi connectivity index (χ0) is 15.6. The first-order valence-corrected chi connectivity index (χ1v) is 9.43. The molecule has 7 heteroatoms. The summed E-state index contributed by atoms with van der Waals surface area (Å²) >= 11 is 4.64. The average Bonchev–Trinajstić information content (AvgIpc) is 2.87. The molecule has 21 heavy (non-hydrogen) atoms. The number of hydrogen-bond acceptors (Lipinski definition) is 3. The fraction of sp³-hybridized carbons (Fsp3) is 0.286. The fourth-order valence-corrected chi connectivity index (χ4v) is 5.32. The van der Waals surface area contributed by atoms with Crippen LogP contribution in [-0.2, 0) is 16.6 Å². The van der Waals surface area contributed by atoms with E-state index >= 15 is 0 Å². The summed E-state index contributed by atoms with van der Waals surface area (Å²) in [6.07, 6.45) is 0. The van der Waals surface area contributed by atoms with Gasteiger partial charge in [-0.1, -0.05) is 6.07 Å². The van der Waals surface area contributed by atoms with E-state index in [-0.39, 0.29) is 15.4 Å². The van der Waals surface area contributed by atoms with Gasteiger partial charge in [-0.25, -0.2) is 12.8 Å². The van der Waals surface area contributed by atoms with Gasteiger partial charge < -0.3 is 0 Å². The maximum Gasteiger partial charge on any atom is 0.244 e. The smallest absolute Gasteiger partial charge is 0.207 e. The van der Waals surface area contributed by atoms with Gasteiger partial charge in [-0.2, -0.15) is 4.31 Å². The summed E-state index contributed by atoms with van der Waals surface area (Å²) in [7, 11) is -3.70. The lowest BCUT2D eigenvalue weighted by Gasteiger charge is -2.26. The van der Waals surface area contributed by atoms with Crippen molar-refractivity contribution in [1.82, 2.24) is 4.31 Å². The van der Waals surface area contributed by atoms with Crippen LogP contribution in [0, 0.1) is 5.82 Å². The van der Waals surface area contributed by atoms with Crippen LogP contribution in [0.2, 0.25) is 0 Å². The standard InChI is InChI=1S/C14H15BrFNO2S2/c1-10(2)17(9-12-4-3-7-20-12)21(18,19)14-6-5-11(16)8-13(14)15/h3-8,10H,9H2,1-2H3. The van der Waals surface area contributed by atoms with Gasteiger partial charge in [0.1, 0.15) is 5.82 Å². The monoisotopic (exact) mass is 391 g/mol. The van der Waals surface area contributed by atoms with Crippen molar-refractivity contribution in [2.45, 2.75) is 31.3 Å². The van der Waals surface area contributed by atoms with Gasteiger partial charge in [0, 0.05) is 21.9 Å². The minimum atomic E-state index is -3.70. The summed E-state index contributed by atoms with van der Waals surface area (Å²) < 4.78 is 40.4. The molecule has 0 unspecified atom stereocenters. The van der Waals surface area contributed by atoms with Gasteiger partial charge in [0.05, 0.1) is 4.90 Å². The van der Waals surface area contributed by atoms with E-state index in [9.17, 15) is 12.8 Å². The normalized spacial score (nSPS) is 12.3. The average molecular weight is 392 g/mol. The molecule has 0 bridgehead atoms. The second kappa shape index (κ2) is 6.56. The van der Waals surface area contributed by atoms with Crippen molar-refractivity contribution in [3.63, 3.8) is 0 Å². The third-order valence-electron chi connectivity index (χ3n) is 2.95. The molecule has 0 N–H and O–H groups in total. The lowest BCUT2D eigenvalue weighted by Crippen LogP contribution is -2.36. The zero-order valence-corrected chi connectivity index (χ0v) is 14.8. The molecule has 114 valence electrons. The number of thiophene rings is 1. The highest BCUT2D eigenvalue weighted by Crippen LogP contribution is 2.28. The van der Waals surface area contributed by atoms with E-state index in [0.29, 0.717) is 6.54 Å². The van der Waals surface area contributed by atoms with E-state index in [0.717, 1.165) is 17.0 Å². The van der Waals surface area contributed by atoms with Crippen molar-refractivity contribution < 1.29 is 12.8 Å². The SMILES string of the molecule is CC(C)N(Cc1cccs1)S(=O)(=O)c1ccc(F)cc1Br. The zero-order valence-electron chi connectivity index (χ0n) is 11.6. The molecule has 0 atom stereocenters. The third kappa shape index (κ3) is 3.71. The van der Waals surface area contributed by atoms with Crippen molar-refractivity contribution in [2.24, 2.45) is 0 Å². The maximum absolute atomic E-state index is 13.2. The lowest BCUT2D eigenvalue weighted by molar-refractivity contribution is 0.350. The van der Waals surface area contributed by atoms with Crippen LogP contribution in [0.15, 0.2) is 45.1 Å². The van der Waals surface area contributed by atoms with E-state index in [1.54, 1.807) is 0 Å². The fourth-order valence-electron chi connectivity index (χ4n) is 1.91. The number of nitrogens with zero attached hydrogens (tertiary/aromatic N) is 1. The highest BCUT2D eigenvalue weighted by atomic mass is 79.9. The van der Waals surface area contributed by atoms with E-state index in [2.05, 4.69) is 15.9 Å². The Balaban J connectivity index is 2.42. The highest BCUT2D eigenvalue weighted by Gasteiger charge is 2.29. The minimum Gasteiger partial charge on any atom is -0.207 e. The van der Waals surface area contributed by atoms with Crippen molar-refractivity contribution in [3.8, 4) is 0 Å². The number of rotatable bonds is 5. The molecule has 1 heterocycles. The third-order valence-corrected chi connectivity index (χ3v) is 6.81. The van der Waals surface area contributed by atoms with Crippen molar-refractivity contribution in [2.75, 3.05) is 0 Å². The van der Waals surface area contributed by atoms with Crippen LogP contribution >= 0.6 is 27.3 Å². The predicted molar refractivity (Wildman–Crippen MR) is 86.3 cm³/mol. The van der Waals surface area contributed by atoms with Crippen molar-refractivity contribution in [1.29, 1.82) is 0 Å². The van der Waals surface area contributed by atoms with E-state index in [1.165, 1.54) is 21.7 Å². The first-order valence-electron chi connectivity index (χ1n) is 6.31.